The predicted octanol–water partition coefficient (Wildman–Crippen LogP) is 8.57. The minimum atomic E-state index is 0.358. The van der Waals surface area contributed by atoms with Gasteiger partial charge in [0.2, 0.25) is 0 Å². The van der Waals surface area contributed by atoms with E-state index in [9.17, 15) is 0 Å². The van der Waals surface area contributed by atoms with Crippen LogP contribution >= 0.6 is 23.5 Å². The fourth-order valence-corrected chi connectivity index (χ4v) is 10.3. The standard InChI is InChI=1S/C30H31ClN2OS/c1-27-15-20-16-28(2)18-29(17-27,30(20,27)28)19-4-13-26(25(31)14-19)34-23-9-5-21(6-10-23)33-22-7-11-24(12-8-22)35-32-3/h4-14,20,32-33H,15-18H2,1-3H3. The Morgan fingerprint density at radius 2 is 1.51 bits per heavy atom. The third-order valence-corrected chi connectivity index (χ3v) is 11.0. The SMILES string of the molecule is CNSc1ccc(Nc2ccc(Oc3ccc(C45CC6(C)CC7CC(C)(C4)C765)cc3Cl)cc2)cc1. The maximum absolute atomic E-state index is 6.79. The van der Waals surface area contributed by atoms with Gasteiger partial charge in [-0.15, -0.1) is 0 Å². The zero-order valence-corrected chi connectivity index (χ0v) is 22.0. The highest BCUT2D eigenvalue weighted by Crippen LogP contribution is 3.01. The summed E-state index contributed by atoms with van der Waals surface area (Å²) in [5, 5.41) is 4.15. The van der Waals surface area contributed by atoms with E-state index in [-0.39, 0.29) is 0 Å². The van der Waals surface area contributed by atoms with Crippen LogP contribution in [0.2, 0.25) is 5.02 Å². The van der Waals surface area contributed by atoms with Gasteiger partial charge in [-0.25, -0.2) is 0 Å². The number of hydrogen-bond acceptors (Lipinski definition) is 4. The molecule has 5 heteroatoms. The molecule has 4 aliphatic carbocycles. The van der Waals surface area contributed by atoms with Crippen molar-refractivity contribution in [3.63, 3.8) is 0 Å². The number of ether oxygens (including phenoxy) is 1. The fourth-order valence-electron chi connectivity index (χ4n) is 9.61. The normalized spacial score (nSPS) is 35.4. The highest BCUT2D eigenvalue weighted by atomic mass is 35.5. The van der Waals surface area contributed by atoms with Crippen molar-refractivity contribution in [2.45, 2.75) is 49.8 Å². The molecule has 0 saturated heterocycles. The molecular formula is C30H31ClN2OS. The number of rotatable bonds is 7. The summed E-state index contributed by atoms with van der Waals surface area (Å²) in [5.41, 5.74) is 5.54. The summed E-state index contributed by atoms with van der Waals surface area (Å²) in [6.07, 6.45) is 5.53. The zero-order valence-electron chi connectivity index (χ0n) is 20.5. The minimum Gasteiger partial charge on any atom is -0.456 e. The van der Waals surface area contributed by atoms with Crippen LogP contribution in [0.5, 0.6) is 11.5 Å². The number of benzene rings is 3. The van der Waals surface area contributed by atoms with E-state index in [4.69, 9.17) is 16.3 Å². The lowest BCUT2D eigenvalue weighted by atomic mass is 9.04. The summed E-state index contributed by atoms with van der Waals surface area (Å²) in [5.74, 6) is 2.45. The molecule has 0 aliphatic heterocycles. The van der Waals surface area contributed by atoms with Gasteiger partial charge in [0.1, 0.15) is 11.5 Å². The molecule has 4 fully saturated rings. The second kappa shape index (κ2) is 7.21. The molecule has 3 aromatic rings. The molecule has 2 unspecified atom stereocenters. The van der Waals surface area contributed by atoms with Crippen LogP contribution in [0.15, 0.2) is 71.6 Å². The van der Waals surface area contributed by atoms with Gasteiger partial charge >= 0.3 is 0 Å². The van der Waals surface area contributed by atoms with Gasteiger partial charge in [0.05, 0.1) is 5.02 Å². The summed E-state index contributed by atoms with van der Waals surface area (Å²) in [7, 11) is 1.92. The van der Waals surface area contributed by atoms with Crippen LogP contribution in [-0.4, -0.2) is 7.05 Å². The molecule has 1 spiro atoms. The molecule has 2 atom stereocenters. The van der Waals surface area contributed by atoms with Crippen LogP contribution < -0.4 is 14.8 Å². The lowest BCUT2D eigenvalue weighted by Gasteiger charge is -2.99. The fraction of sp³-hybridized carbons (Fsp3) is 0.400. The molecular weight excluding hydrogens is 472 g/mol. The van der Waals surface area contributed by atoms with Gasteiger partial charge < -0.3 is 10.1 Å². The predicted molar refractivity (Wildman–Crippen MR) is 145 cm³/mol. The van der Waals surface area contributed by atoms with Crippen molar-refractivity contribution < 1.29 is 4.74 Å². The molecule has 2 N–H and O–H groups in total. The largest absolute Gasteiger partial charge is 0.456 e. The lowest BCUT2D eigenvalue weighted by Crippen LogP contribution is -2.95. The van der Waals surface area contributed by atoms with Crippen molar-refractivity contribution in [3.05, 3.63) is 77.3 Å². The Balaban J connectivity index is 1.05. The third kappa shape index (κ3) is 2.68. The number of anilines is 2. The Morgan fingerprint density at radius 1 is 0.886 bits per heavy atom. The van der Waals surface area contributed by atoms with Crippen molar-refractivity contribution >= 4 is 34.9 Å². The Kier molecular flexibility index (Phi) is 4.55. The van der Waals surface area contributed by atoms with Crippen molar-refractivity contribution in [2.75, 3.05) is 12.4 Å². The molecule has 35 heavy (non-hydrogen) atoms. The van der Waals surface area contributed by atoms with Gasteiger partial charge in [-0.3, -0.25) is 4.72 Å². The molecule has 0 heterocycles. The topological polar surface area (TPSA) is 33.3 Å². The first kappa shape index (κ1) is 22.1. The molecule has 7 rings (SSSR count). The van der Waals surface area contributed by atoms with Gasteiger partial charge in [0.25, 0.3) is 0 Å². The maximum Gasteiger partial charge on any atom is 0.146 e. The molecule has 3 nitrogen and oxygen atoms in total. The average molecular weight is 503 g/mol. The first-order valence-electron chi connectivity index (χ1n) is 12.6. The molecule has 0 amide bonds. The molecule has 0 radical (unpaired) electrons. The smallest absolute Gasteiger partial charge is 0.146 e. The highest BCUT2D eigenvalue weighted by molar-refractivity contribution is 7.97. The van der Waals surface area contributed by atoms with Gasteiger partial charge in [-0.05, 0) is 133 Å². The summed E-state index contributed by atoms with van der Waals surface area (Å²) in [6.45, 7) is 5.07. The number of hydrogen-bond donors (Lipinski definition) is 2. The Morgan fingerprint density at radius 3 is 2.06 bits per heavy atom. The summed E-state index contributed by atoms with van der Waals surface area (Å²) in [4.78, 5) is 1.18. The highest BCUT2D eigenvalue weighted by Gasteiger charge is 2.96. The van der Waals surface area contributed by atoms with Crippen LogP contribution in [0, 0.1) is 22.2 Å². The van der Waals surface area contributed by atoms with Crippen LogP contribution in [0.1, 0.15) is 45.1 Å². The van der Waals surface area contributed by atoms with E-state index >= 15 is 0 Å². The number of nitrogens with one attached hydrogen (secondary N) is 2. The van der Waals surface area contributed by atoms with E-state index < -0.39 is 0 Å². The lowest BCUT2D eigenvalue weighted by molar-refractivity contribution is -0.483. The summed E-state index contributed by atoms with van der Waals surface area (Å²) in [6, 6.07) is 22.9. The third-order valence-electron chi connectivity index (χ3n) is 9.98. The van der Waals surface area contributed by atoms with Crippen LogP contribution in [-0.2, 0) is 5.41 Å². The zero-order chi connectivity index (χ0) is 24.1. The molecule has 3 aromatic carbocycles. The van der Waals surface area contributed by atoms with Gasteiger partial charge in [0, 0.05) is 21.7 Å². The van der Waals surface area contributed by atoms with Gasteiger partial charge in [-0.2, -0.15) is 0 Å². The first-order chi connectivity index (χ1) is 16.8. The van der Waals surface area contributed by atoms with E-state index in [1.807, 2.05) is 31.3 Å². The summed E-state index contributed by atoms with van der Waals surface area (Å²) >= 11 is 8.39. The first-order valence-corrected chi connectivity index (χ1v) is 13.8. The number of halogens is 1. The van der Waals surface area contributed by atoms with Gasteiger partial charge in [0.15, 0.2) is 0 Å². The van der Waals surface area contributed by atoms with Crippen LogP contribution in [0.4, 0.5) is 11.4 Å². The van der Waals surface area contributed by atoms with Gasteiger partial charge in [-0.1, -0.05) is 31.5 Å². The van der Waals surface area contributed by atoms with Crippen molar-refractivity contribution in [1.29, 1.82) is 0 Å². The Bertz CT molecular complexity index is 1300. The van der Waals surface area contributed by atoms with E-state index in [0.29, 0.717) is 26.7 Å². The molecule has 4 saturated carbocycles. The summed E-state index contributed by atoms with van der Waals surface area (Å²) < 4.78 is 9.27. The second-order valence-electron chi connectivity index (χ2n) is 11.7. The monoisotopic (exact) mass is 502 g/mol. The molecule has 0 bridgehead atoms. The van der Waals surface area contributed by atoms with Crippen molar-refractivity contribution in [1.82, 2.24) is 4.72 Å². The molecule has 0 aromatic heterocycles. The van der Waals surface area contributed by atoms with E-state index in [1.165, 1.54) is 36.1 Å². The maximum atomic E-state index is 6.79. The van der Waals surface area contributed by atoms with Crippen LogP contribution in [0.3, 0.4) is 0 Å². The quantitative estimate of drug-likeness (QED) is 0.317. The Labute approximate surface area is 217 Å². The van der Waals surface area contributed by atoms with Crippen molar-refractivity contribution in [3.8, 4) is 11.5 Å². The van der Waals surface area contributed by atoms with Crippen LogP contribution in [0.25, 0.3) is 0 Å². The molecule has 180 valence electrons. The van der Waals surface area contributed by atoms with E-state index in [1.54, 1.807) is 11.9 Å². The van der Waals surface area contributed by atoms with E-state index in [0.717, 1.165) is 28.8 Å². The van der Waals surface area contributed by atoms with Crippen molar-refractivity contribution in [2.24, 2.45) is 22.2 Å². The average Bonchev–Trinajstić information content (AvgIpc) is 2.80. The second-order valence-corrected chi connectivity index (χ2v) is 13.2. The Hall–Kier alpha value is -2.14. The minimum absolute atomic E-state index is 0.358. The molecule has 4 aliphatic rings. The van der Waals surface area contributed by atoms with E-state index in [2.05, 4.69) is 66.4 Å².